The molecule has 1 heterocycles. The summed E-state index contributed by atoms with van der Waals surface area (Å²) < 4.78 is 16.1. The molecule has 1 N–H and O–H groups in total. The predicted octanol–water partition coefficient (Wildman–Crippen LogP) is 4.55. The van der Waals surface area contributed by atoms with Crippen molar-refractivity contribution in [3.63, 3.8) is 0 Å². The number of hydrogen-bond donors (Lipinski definition) is 1. The predicted molar refractivity (Wildman–Crippen MR) is 118 cm³/mol. The van der Waals surface area contributed by atoms with Gasteiger partial charge in [-0.1, -0.05) is 35.5 Å². The van der Waals surface area contributed by atoms with Crippen LogP contribution in [0, 0.1) is 0 Å². The van der Waals surface area contributed by atoms with E-state index < -0.39 is 0 Å². The Labute approximate surface area is 183 Å². The number of methoxy groups -OCH3 is 3. The summed E-state index contributed by atoms with van der Waals surface area (Å²) in [5, 5.41) is 12.3. The molecule has 7 nitrogen and oxygen atoms in total. The number of anilines is 1. The Hall–Kier alpha value is -2.97. The molecule has 3 aromatic rings. The van der Waals surface area contributed by atoms with Gasteiger partial charge in [0.05, 0.1) is 43.5 Å². The van der Waals surface area contributed by atoms with Crippen LogP contribution in [0.4, 0.5) is 5.69 Å². The summed E-state index contributed by atoms with van der Waals surface area (Å²) >= 11 is 7.33. The van der Waals surface area contributed by atoms with Crippen molar-refractivity contribution in [3.8, 4) is 28.5 Å². The molecule has 0 radical (unpaired) electrons. The molecule has 3 rings (SSSR count). The lowest BCUT2D eigenvalue weighted by molar-refractivity contribution is -0.113. The van der Waals surface area contributed by atoms with Gasteiger partial charge in [0.15, 0.2) is 11.5 Å². The fourth-order valence-corrected chi connectivity index (χ4v) is 3.47. The molecule has 156 valence electrons. The average molecular weight is 446 g/mol. The number of para-hydroxylation sites is 1. The van der Waals surface area contributed by atoms with Gasteiger partial charge in [0, 0.05) is 5.56 Å². The van der Waals surface area contributed by atoms with Gasteiger partial charge in [-0.25, -0.2) is 0 Å². The Morgan fingerprint density at radius 2 is 1.70 bits per heavy atom. The number of amides is 1. The number of aromatic nitrogens is 2. The molecule has 9 heteroatoms. The monoisotopic (exact) mass is 445 g/mol. The van der Waals surface area contributed by atoms with E-state index >= 15 is 0 Å². The van der Waals surface area contributed by atoms with Crippen molar-refractivity contribution < 1.29 is 19.0 Å². The van der Waals surface area contributed by atoms with E-state index in [4.69, 9.17) is 25.8 Å². The van der Waals surface area contributed by atoms with E-state index in [1.54, 1.807) is 57.7 Å². The average Bonchev–Trinajstić information content (AvgIpc) is 2.78. The Morgan fingerprint density at radius 1 is 1.00 bits per heavy atom. The highest BCUT2D eigenvalue weighted by molar-refractivity contribution is 7.99. The number of carbonyl (C=O) groups is 1. The van der Waals surface area contributed by atoms with Crippen molar-refractivity contribution in [1.82, 2.24) is 10.2 Å². The van der Waals surface area contributed by atoms with Gasteiger partial charge in [-0.3, -0.25) is 4.79 Å². The zero-order chi connectivity index (χ0) is 21.5. The quantitative estimate of drug-likeness (QED) is 0.509. The van der Waals surface area contributed by atoms with E-state index in [0.717, 1.165) is 5.56 Å². The molecular formula is C21H20ClN3O4S. The number of nitrogens with zero attached hydrogens (tertiary/aromatic N) is 2. The number of rotatable bonds is 8. The fourth-order valence-electron chi connectivity index (χ4n) is 2.67. The van der Waals surface area contributed by atoms with E-state index in [0.29, 0.717) is 38.7 Å². The molecule has 0 aliphatic heterocycles. The van der Waals surface area contributed by atoms with Crippen LogP contribution in [0.25, 0.3) is 11.3 Å². The number of hydrogen-bond acceptors (Lipinski definition) is 7. The second-order valence-electron chi connectivity index (χ2n) is 5.99. The molecule has 1 amide bonds. The first-order valence-electron chi connectivity index (χ1n) is 8.87. The van der Waals surface area contributed by atoms with Crippen LogP contribution < -0.4 is 19.5 Å². The van der Waals surface area contributed by atoms with E-state index in [-0.39, 0.29) is 11.7 Å². The lowest BCUT2D eigenvalue weighted by Crippen LogP contribution is -2.14. The molecule has 30 heavy (non-hydrogen) atoms. The fraction of sp³-hybridized carbons (Fsp3) is 0.190. The Balaban J connectivity index is 1.68. The molecule has 0 spiro atoms. The van der Waals surface area contributed by atoms with Crippen molar-refractivity contribution in [3.05, 3.63) is 53.6 Å². The van der Waals surface area contributed by atoms with Crippen LogP contribution in [0.2, 0.25) is 5.02 Å². The maximum atomic E-state index is 12.1. The summed E-state index contributed by atoms with van der Waals surface area (Å²) in [6.45, 7) is 0. The highest BCUT2D eigenvalue weighted by Crippen LogP contribution is 2.40. The highest BCUT2D eigenvalue weighted by Gasteiger charge is 2.15. The molecule has 0 aliphatic rings. The first-order valence-corrected chi connectivity index (χ1v) is 10.2. The van der Waals surface area contributed by atoms with Crippen LogP contribution in [0.1, 0.15) is 0 Å². The van der Waals surface area contributed by atoms with Crippen LogP contribution in [-0.4, -0.2) is 43.2 Å². The van der Waals surface area contributed by atoms with Gasteiger partial charge in [-0.2, -0.15) is 0 Å². The minimum Gasteiger partial charge on any atom is -0.493 e. The van der Waals surface area contributed by atoms with Crippen molar-refractivity contribution in [1.29, 1.82) is 0 Å². The van der Waals surface area contributed by atoms with Gasteiger partial charge in [0.25, 0.3) is 0 Å². The topological polar surface area (TPSA) is 82.6 Å². The minimum absolute atomic E-state index is 0.177. The third kappa shape index (κ3) is 5.14. The first-order chi connectivity index (χ1) is 14.5. The van der Waals surface area contributed by atoms with Gasteiger partial charge in [0.2, 0.25) is 11.7 Å². The normalized spacial score (nSPS) is 10.4. The minimum atomic E-state index is -0.177. The molecule has 0 fully saturated rings. The van der Waals surface area contributed by atoms with Gasteiger partial charge >= 0.3 is 0 Å². The summed E-state index contributed by atoms with van der Waals surface area (Å²) in [5.41, 5.74) is 1.98. The third-order valence-electron chi connectivity index (χ3n) is 4.10. The van der Waals surface area contributed by atoms with E-state index in [2.05, 4.69) is 15.5 Å². The molecule has 0 atom stereocenters. The zero-order valence-corrected chi connectivity index (χ0v) is 18.2. The second-order valence-corrected chi connectivity index (χ2v) is 7.39. The molecule has 2 aromatic carbocycles. The van der Waals surface area contributed by atoms with Gasteiger partial charge in [-0.05, 0) is 36.4 Å². The second kappa shape index (κ2) is 10.2. The van der Waals surface area contributed by atoms with Crippen LogP contribution in [0.3, 0.4) is 0 Å². The number of thioether (sulfide) groups is 1. The highest BCUT2D eigenvalue weighted by atomic mass is 35.5. The van der Waals surface area contributed by atoms with Crippen molar-refractivity contribution in [2.75, 3.05) is 32.4 Å². The van der Waals surface area contributed by atoms with Gasteiger partial charge < -0.3 is 19.5 Å². The Bertz CT molecular complexity index is 1010. The lowest BCUT2D eigenvalue weighted by Gasteiger charge is -2.13. The van der Waals surface area contributed by atoms with Gasteiger partial charge in [0.1, 0.15) is 5.03 Å². The molecule has 0 saturated heterocycles. The number of benzene rings is 2. The summed E-state index contributed by atoms with van der Waals surface area (Å²) in [5.74, 6) is 1.58. The van der Waals surface area contributed by atoms with Crippen LogP contribution in [0.15, 0.2) is 53.6 Å². The van der Waals surface area contributed by atoms with Crippen molar-refractivity contribution >= 4 is 35.0 Å². The molecule has 0 unspecified atom stereocenters. The lowest BCUT2D eigenvalue weighted by atomic mass is 10.1. The van der Waals surface area contributed by atoms with Crippen LogP contribution >= 0.6 is 23.4 Å². The third-order valence-corrected chi connectivity index (χ3v) is 5.35. The Morgan fingerprint density at radius 3 is 2.27 bits per heavy atom. The first kappa shape index (κ1) is 21.7. The smallest absolute Gasteiger partial charge is 0.234 e. The van der Waals surface area contributed by atoms with Crippen LogP contribution in [-0.2, 0) is 4.79 Å². The Kier molecular flexibility index (Phi) is 7.37. The molecule has 1 aromatic heterocycles. The largest absolute Gasteiger partial charge is 0.493 e. The van der Waals surface area contributed by atoms with Gasteiger partial charge in [-0.15, -0.1) is 10.2 Å². The summed E-state index contributed by atoms with van der Waals surface area (Å²) in [7, 11) is 4.66. The zero-order valence-electron chi connectivity index (χ0n) is 16.6. The molecule has 0 saturated carbocycles. The summed E-state index contributed by atoms with van der Waals surface area (Å²) in [6, 6.07) is 14.3. The number of halogens is 1. The SMILES string of the molecule is COc1cc(-c2ccc(SCC(=O)Nc3ccccc3Cl)nn2)cc(OC)c1OC. The molecular weight excluding hydrogens is 426 g/mol. The van der Waals surface area contributed by atoms with Crippen LogP contribution in [0.5, 0.6) is 17.2 Å². The van der Waals surface area contributed by atoms with E-state index in [9.17, 15) is 4.79 Å². The summed E-state index contributed by atoms with van der Waals surface area (Å²) in [4.78, 5) is 12.1. The number of ether oxygens (including phenoxy) is 3. The number of nitrogens with one attached hydrogen (secondary N) is 1. The number of carbonyl (C=O) groups excluding carboxylic acids is 1. The van der Waals surface area contributed by atoms with E-state index in [1.165, 1.54) is 11.8 Å². The maximum Gasteiger partial charge on any atom is 0.234 e. The standard InChI is InChI=1S/C21H20ClN3O4S/c1-27-17-10-13(11-18(28-2)21(17)29-3)15-8-9-20(25-24-15)30-12-19(26)23-16-7-5-4-6-14(16)22/h4-11H,12H2,1-3H3,(H,23,26). The molecule has 0 aliphatic carbocycles. The van der Waals surface area contributed by atoms with Crippen molar-refractivity contribution in [2.24, 2.45) is 0 Å². The maximum absolute atomic E-state index is 12.1. The van der Waals surface area contributed by atoms with Crippen molar-refractivity contribution in [2.45, 2.75) is 5.03 Å². The van der Waals surface area contributed by atoms with E-state index in [1.807, 2.05) is 12.1 Å². The summed E-state index contributed by atoms with van der Waals surface area (Å²) in [6.07, 6.45) is 0. The molecule has 0 bridgehead atoms.